The van der Waals surface area contributed by atoms with Gasteiger partial charge in [-0.3, -0.25) is 10.2 Å². The van der Waals surface area contributed by atoms with Gasteiger partial charge in [-0.1, -0.05) is 22.8 Å². The van der Waals surface area contributed by atoms with Crippen LogP contribution in [0.25, 0.3) is 11.5 Å². The van der Waals surface area contributed by atoms with Crippen LogP contribution in [0.3, 0.4) is 0 Å². The van der Waals surface area contributed by atoms with Gasteiger partial charge in [0.2, 0.25) is 5.91 Å². The summed E-state index contributed by atoms with van der Waals surface area (Å²) >= 11 is 5.84. The minimum Gasteiger partial charge on any atom is -0.334 e. The number of halogens is 1. The molecule has 0 radical (unpaired) electrons. The first-order valence-corrected chi connectivity index (χ1v) is 5.15. The van der Waals surface area contributed by atoms with Crippen molar-refractivity contribution in [1.29, 1.82) is 0 Å². The number of aromatic nitrogens is 2. The molecule has 1 amide bonds. The van der Waals surface area contributed by atoms with E-state index in [0.717, 1.165) is 0 Å². The highest BCUT2D eigenvalue weighted by Crippen LogP contribution is 2.20. The van der Waals surface area contributed by atoms with Crippen LogP contribution in [0, 0.1) is 0 Å². The first-order valence-electron chi connectivity index (χ1n) is 4.77. The van der Waals surface area contributed by atoms with Crippen molar-refractivity contribution in [3.8, 4) is 11.5 Å². The minimum absolute atomic E-state index is 0.0272. The van der Waals surface area contributed by atoms with E-state index >= 15 is 0 Å². The third kappa shape index (κ3) is 2.80. The molecule has 0 atom stereocenters. The van der Waals surface area contributed by atoms with Crippen molar-refractivity contribution in [2.24, 2.45) is 5.84 Å². The number of hydrogen-bond donors (Lipinski definition) is 2. The Balaban J connectivity index is 2.21. The fourth-order valence-electron chi connectivity index (χ4n) is 1.26. The Morgan fingerprint density at radius 3 is 3.06 bits per heavy atom. The molecule has 0 fully saturated rings. The molecule has 2 rings (SSSR count). The summed E-state index contributed by atoms with van der Waals surface area (Å²) in [5, 5.41) is 4.24. The molecule has 0 spiro atoms. The number of carbonyl (C=O) groups excluding carboxylic acids is 1. The molecule has 0 aliphatic rings. The third-order valence-corrected chi connectivity index (χ3v) is 2.25. The van der Waals surface area contributed by atoms with Gasteiger partial charge in [0.1, 0.15) is 0 Å². The second kappa shape index (κ2) is 4.94. The average Bonchev–Trinajstić information content (AvgIpc) is 2.77. The largest absolute Gasteiger partial charge is 0.334 e. The number of carbonyl (C=O) groups is 1. The number of nitrogens with one attached hydrogen (secondary N) is 1. The third-order valence-electron chi connectivity index (χ3n) is 2.02. The molecule has 0 aliphatic carbocycles. The van der Waals surface area contributed by atoms with E-state index in [2.05, 4.69) is 10.1 Å². The molecule has 0 unspecified atom stereocenters. The fourth-order valence-corrected chi connectivity index (χ4v) is 1.45. The number of hydrogen-bond acceptors (Lipinski definition) is 5. The Kier molecular flexibility index (Phi) is 3.36. The van der Waals surface area contributed by atoms with E-state index < -0.39 is 0 Å². The smallest absolute Gasteiger partial charge is 0.257 e. The van der Waals surface area contributed by atoms with Crippen LogP contribution >= 0.6 is 11.6 Å². The van der Waals surface area contributed by atoms with Crippen LogP contribution in [0.15, 0.2) is 28.8 Å². The summed E-state index contributed by atoms with van der Waals surface area (Å²) in [6.45, 7) is 0. The summed E-state index contributed by atoms with van der Waals surface area (Å²) in [6, 6.07) is 6.99. The Morgan fingerprint density at radius 2 is 2.35 bits per heavy atom. The van der Waals surface area contributed by atoms with Gasteiger partial charge >= 0.3 is 0 Å². The van der Waals surface area contributed by atoms with Crippen molar-refractivity contribution in [1.82, 2.24) is 15.6 Å². The van der Waals surface area contributed by atoms with Crippen molar-refractivity contribution in [2.45, 2.75) is 6.42 Å². The number of hydrazine groups is 1. The molecule has 0 aliphatic heterocycles. The van der Waals surface area contributed by atoms with E-state index in [9.17, 15) is 4.79 Å². The lowest BCUT2D eigenvalue weighted by Gasteiger charge is -1.94. The molecule has 88 valence electrons. The molecule has 17 heavy (non-hydrogen) atoms. The van der Waals surface area contributed by atoms with Gasteiger partial charge in [0, 0.05) is 10.6 Å². The van der Waals surface area contributed by atoms with E-state index in [1.54, 1.807) is 24.3 Å². The zero-order valence-corrected chi connectivity index (χ0v) is 9.44. The second-order valence-corrected chi connectivity index (χ2v) is 3.71. The van der Waals surface area contributed by atoms with Crippen LogP contribution in [-0.2, 0) is 11.2 Å². The average molecular weight is 253 g/mol. The van der Waals surface area contributed by atoms with Crippen molar-refractivity contribution in [3.05, 3.63) is 35.1 Å². The van der Waals surface area contributed by atoms with Crippen molar-refractivity contribution < 1.29 is 9.32 Å². The Hall–Kier alpha value is -1.92. The standard InChI is InChI=1S/C10H9ClN4O2/c11-7-3-1-2-6(4-7)10-13-8(15-17-10)5-9(16)14-12/h1-4H,5,12H2,(H,14,16). The lowest BCUT2D eigenvalue weighted by atomic mass is 10.2. The Labute approximate surface area is 102 Å². The van der Waals surface area contributed by atoms with Crippen molar-refractivity contribution in [3.63, 3.8) is 0 Å². The molecule has 1 aromatic heterocycles. The van der Waals surface area contributed by atoms with E-state index in [4.69, 9.17) is 22.0 Å². The molecule has 0 saturated carbocycles. The van der Waals surface area contributed by atoms with E-state index in [1.807, 2.05) is 5.43 Å². The SMILES string of the molecule is NNC(=O)Cc1noc(-c2cccc(Cl)c2)n1. The number of nitrogens with zero attached hydrogens (tertiary/aromatic N) is 2. The molecule has 7 heteroatoms. The molecule has 3 N–H and O–H groups in total. The quantitative estimate of drug-likeness (QED) is 0.481. The lowest BCUT2D eigenvalue weighted by Crippen LogP contribution is -2.31. The molecule has 6 nitrogen and oxygen atoms in total. The summed E-state index contributed by atoms with van der Waals surface area (Å²) in [4.78, 5) is 15.1. The van der Waals surface area contributed by atoms with Gasteiger partial charge in [0.15, 0.2) is 5.82 Å². The van der Waals surface area contributed by atoms with Crippen molar-refractivity contribution >= 4 is 17.5 Å². The molecule has 0 saturated heterocycles. The highest BCUT2D eigenvalue weighted by atomic mass is 35.5. The highest BCUT2D eigenvalue weighted by molar-refractivity contribution is 6.30. The van der Waals surface area contributed by atoms with Gasteiger partial charge in [-0.2, -0.15) is 4.98 Å². The van der Waals surface area contributed by atoms with Crippen LogP contribution in [0.5, 0.6) is 0 Å². The maximum Gasteiger partial charge on any atom is 0.257 e. The summed E-state index contributed by atoms with van der Waals surface area (Å²) in [5.41, 5.74) is 2.69. The van der Waals surface area contributed by atoms with Gasteiger partial charge in [-0.15, -0.1) is 0 Å². The molecular formula is C10H9ClN4O2. The van der Waals surface area contributed by atoms with Crippen LogP contribution in [-0.4, -0.2) is 16.0 Å². The van der Waals surface area contributed by atoms with Crippen LogP contribution in [0.4, 0.5) is 0 Å². The minimum atomic E-state index is -0.386. The van der Waals surface area contributed by atoms with Crippen LogP contribution < -0.4 is 11.3 Å². The highest BCUT2D eigenvalue weighted by Gasteiger charge is 2.11. The Morgan fingerprint density at radius 1 is 1.53 bits per heavy atom. The van der Waals surface area contributed by atoms with Crippen LogP contribution in [0.1, 0.15) is 5.82 Å². The van der Waals surface area contributed by atoms with E-state index in [1.165, 1.54) is 0 Å². The fraction of sp³-hybridized carbons (Fsp3) is 0.100. The van der Waals surface area contributed by atoms with Gasteiger partial charge in [0.05, 0.1) is 6.42 Å². The van der Waals surface area contributed by atoms with Crippen molar-refractivity contribution in [2.75, 3.05) is 0 Å². The number of benzene rings is 1. The van der Waals surface area contributed by atoms with Crippen LogP contribution in [0.2, 0.25) is 5.02 Å². The van der Waals surface area contributed by atoms with Gasteiger partial charge in [-0.05, 0) is 18.2 Å². The summed E-state index contributed by atoms with van der Waals surface area (Å²) < 4.78 is 5.01. The molecule has 1 aromatic carbocycles. The first-order chi connectivity index (χ1) is 8.19. The number of amides is 1. The van der Waals surface area contributed by atoms with E-state index in [0.29, 0.717) is 16.5 Å². The predicted octanol–water partition coefficient (Wildman–Crippen LogP) is 0.922. The molecule has 0 bridgehead atoms. The number of rotatable bonds is 3. The zero-order valence-electron chi connectivity index (χ0n) is 8.68. The van der Waals surface area contributed by atoms with Gasteiger partial charge in [-0.25, -0.2) is 5.84 Å². The topological polar surface area (TPSA) is 94.0 Å². The number of nitrogens with two attached hydrogens (primary N) is 1. The predicted molar refractivity (Wildman–Crippen MR) is 60.8 cm³/mol. The molecule has 1 heterocycles. The molecular weight excluding hydrogens is 244 g/mol. The summed E-state index contributed by atoms with van der Waals surface area (Å²) in [7, 11) is 0. The van der Waals surface area contributed by atoms with Gasteiger partial charge in [0.25, 0.3) is 5.89 Å². The summed E-state index contributed by atoms with van der Waals surface area (Å²) in [6.07, 6.45) is -0.0272. The maximum atomic E-state index is 11.0. The van der Waals surface area contributed by atoms with Gasteiger partial charge < -0.3 is 4.52 Å². The van der Waals surface area contributed by atoms with E-state index in [-0.39, 0.29) is 18.2 Å². The normalized spacial score (nSPS) is 10.2. The Bertz CT molecular complexity index is 541. The lowest BCUT2D eigenvalue weighted by molar-refractivity contribution is -0.120. The molecule has 2 aromatic rings. The zero-order chi connectivity index (χ0) is 12.3. The second-order valence-electron chi connectivity index (χ2n) is 3.27. The maximum absolute atomic E-state index is 11.0. The first kappa shape index (κ1) is 11.6. The monoisotopic (exact) mass is 252 g/mol. The summed E-state index contributed by atoms with van der Waals surface area (Å²) in [5.74, 6) is 5.15.